The van der Waals surface area contributed by atoms with Crippen molar-refractivity contribution < 1.29 is 0 Å². The number of nitrogens with zero attached hydrogens (tertiary/aromatic N) is 6. The molecule has 0 saturated heterocycles. The maximum atomic E-state index is 6.16. The summed E-state index contributed by atoms with van der Waals surface area (Å²) in [5.41, 5.74) is 4.13. The Morgan fingerprint density at radius 2 is 2.00 bits per heavy atom. The Labute approximate surface area is 144 Å². The lowest BCUT2D eigenvalue weighted by atomic mass is 10.1. The van der Waals surface area contributed by atoms with Crippen LogP contribution in [0.5, 0.6) is 0 Å². The molecule has 7 heteroatoms. The number of pyridine rings is 1. The summed E-state index contributed by atoms with van der Waals surface area (Å²) in [6.45, 7) is 2.52. The molecule has 1 aliphatic rings. The predicted molar refractivity (Wildman–Crippen MR) is 90.1 cm³/mol. The second-order valence-corrected chi connectivity index (χ2v) is 6.06. The third kappa shape index (κ3) is 3.11. The molecule has 0 N–H and O–H groups in total. The van der Waals surface area contributed by atoms with Gasteiger partial charge in [-0.2, -0.15) is 0 Å². The normalized spacial score (nSPS) is 14.4. The van der Waals surface area contributed by atoms with Crippen molar-refractivity contribution in [2.24, 2.45) is 0 Å². The third-order valence-corrected chi connectivity index (χ3v) is 4.40. The summed E-state index contributed by atoms with van der Waals surface area (Å²) in [5, 5.41) is 0.568. The average molecular weight is 339 g/mol. The van der Waals surface area contributed by atoms with Gasteiger partial charge in [0.25, 0.3) is 0 Å². The van der Waals surface area contributed by atoms with Gasteiger partial charge in [-0.15, -0.1) is 0 Å². The van der Waals surface area contributed by atoms with Crippen molar-refractivity contribution >= 4 is 11.6 Å². The fourth-order valence-electron chi connectivity index (χ4n) is 2.84. The molecule has 0 aliphatic carbocycles. The van der Waals surface area contributed by atoms with Gasteiger partial charge in [-0.3, -0.25) is 4.90 Å². The molecule has 6 nitrogen and oxygen atoms in total. The monoisotopic (exact) mass is 338 g/mol. The number of fused-ring (bicyclic) bond motifs is 1. The van der Waals surface area contributed by atoms with E-state index in [2.05, 4.69) is 29.8 Å². The van der Waals surface area contributed by atoms with E-state index in [9.17, 15) is 0 Å². The van der Waals surface area contributed by atoms with Crippen LogP contribution in [0, 0.1) is 0 Å². The van der Waals surface area contributed by atoms with E-state index in [0.29, 0.717) is 11.0 Å². The summed E-state index contributed by atoms with van der Waals surface area (Å²) in [6.07, 6.45) is 9.46. The molecule has 24 heavy (non-hydrogen) atoms. The van der Waals surface area contributed by atoms with E-state index in [0.717, 1.165) is 48.4 Å². The molecule has 0 spiro atoms. The summed E-state index contributed by atoms with van der Waals surface area (Å²) in [7, 11) is 0. The van der Waals surface area contributed by atoms with Gasteiger partial charge in [-0.25, -0.2) is 24.9 Å². The zero-order valence-electron chi connectivity index (χ0n) is 12.9. The van der Waals surface area contributed by atoms with E-state index in [4.69, 9.17) is 11.6 Å². The first-order valence-corrected chi connectivity index (χ1v) is 8.09. The zero-order valence-corrected chi connectivity index (χ0v) is 13.7. The molecule has 3 aromatic heterocycles. The fourth-order valence-corrected chi connectivity index (χ4v) is 3.02. The maximum Gasteiger partial charge on any atom is 0.162 e. The Morgan fingerprint density at radius 3 is 2.83 bits per heavy atom. The van der Waals surface area contributed by atoms with Crippen LogP contribution in [-0.4, -0.2) is 36.4 Å². The van der Waals surface area contributed by atoms with Crippen LogP contribution in [0.2, 0.25) is 5.15 Å². The smallest absolute Gasteiger partial charge is 0.162 e. The Bertz CT molecular complexity index is 855. The van der Waals surface area contributed by atoms with Crippen molar-refractivity contribution in [3.63, 3.8) is 0 Å². The SMILES string of the molecule is Clc1ncccc1CN1CCc2nc(-c3cncnc3)ncc2C1. The van der Waals surface area contributed by atoms with Crippen molar-refractivity contribution in [2.45, 2.75) is 19.5 Å². The molecule has 120 valence electrons. The van der Waals surface area contributed by atoms with Crippen LogP contribution in [0.4, 0.5) is 0 Å². The Balaban J connectivity index is 1.53. The number of rotatable bonds is 3. The molecule has 0 atom stereocenters. The standard InChI is InChI=1S/C17H15ClN6/c18-16-12(2-1-4-21-16)9-24-5-3-15-14(10-24)8-22-17(23-15)13-6-19-11-20-7-13/h1-2,4,6-8,11H,3,5,9-10H2. The molecule has 4 rings (SSSR count). The van der Waals surface area contributed by atoms with E-state index in [1.54, 1.807) is 18.6 Å². The van der Waals surface area contributed by atoms with Crippen LogP contribution >= 0.6 is 11.6 Å². The number of hydrogen-bond donors (Lipinski definition) is 0. The van der Waals surface area contributed by atoms with Gasteiger partial charge in [0.1, 0.15) is 11.5 Å². The molecule has 1 aliphatic heterocycles. The summed E-state index contributed by atoms with van der Waals surface area (Å²) in [6, 6.07) is 3.93. The number of aromatic nitrogens is 5. The average Bonchev–Trinajstić information content (AvgIpc) is 2.64. The van der Waals surface area contributed by atoms with E-state index >= 15 is 0 Å². The number of halogens is 1. The first-order chi connectivity index (χ1) is 11.8. The van der Waals surface area contributed by atoms with Gasteiger partial charge in [-0.1, -0.05) is 17.7 Å². The van der Waals surface area contributed by atoms with Crippen molar-refractivity contribution in [3.05, 3.63) is 65.2 Å². The lowest BCUT2D eigenvalue weighted by Crippen LogP contribution is -2.31. The maximum absolute atomic E-state index is 6.16. The van der Waals surface area contributed by atoms with Crippen LogP contribution in [-0.2, 0) is 19.5 Å². The lowest BCUT2D eigenvalue weighted by Gasteiger charge is -2.28. The molecule has 0 saturated carbocycles. The Kier molecular flexibility index (Phi) is 4.15. The second kappa shape index (κ2) is 6.59. The molecule has 0 fully saturated rings. The summed E-state index contributed by atoms with van der Waals surface area (Å²) < 4.78 is 0. The van der Waals surface area contributed by atoms with Crippen LogP contribution in [0.1, 0.15) is 16.8 Å². The van der Waals surface area contributed by atoms with Crippen LogP contribution in [0.25, 0.3) is 11.4 Å². The van der Waals surface area contributed by atoms with Crippen molar-refractivity contribution in [3.8, 4) is 11.4 Å². The second-order valence-electron chi connectivity index (χ2n) is 5.71. The quantitative estimate of drug-likeness (QED) is 0.684. The summed E-state index contributed by atoms with van der Waals surface area (Å²) in [4.78, 5) is 23.7. The topological polar surface area (TPSA) is 67.7 Å². The predicted octanol–water partition coefficient (Wildman–Crippen LogP) is 2.54. The molecule has 0 radical (unpaired) electrons. The highest BCUT2D eigenvalue weighted by molar-refractivity contribution is 6.30. The molecule has 0 unspecified atom stereocenters. The van der Waals surface area contributed by atoms with Crippen molar-refractivity contribution in [1.82, 2.24) is 29.8 Å². The van der Waals surface area contributed by atoms with E-state index in [1.807, 2.05) is 18.3 Å². The Hall–Kier alpha value is -2.44. The zero-order chi connectivity index (χ0) is 16.4. The molecule has 4 heterocycles. The van der Waals surface area contributed by atoms with Crippen LogP contribution < -0.4 is 0 Å². The molecule has 0 aromatic carbocycles. The van der Waals surface area contributed by atoms with Gasteiger partial charge < -0.3 is 0 Å². The minimum atomic E-state index is 0.568. The van der Waals surface area contributed by atoms with Gasteiger partial charge in [0, 0.05) is 62.0 Å². The highest BCUT2D eigenvalue weighted by Gasteiger charge is 2.19. The molecule has 0 bridgehead atoms. The van der Waals surface area contributed by atoms with E-state index in [-0.39, 0.29) is 0 Å². The van der Waals surface area contributed by atoms with Gasteiger partial charge in [0.15, 0.2) is 5.82 Å². The number of hydrogen-bond acceptors (Lipinski definition) is 6. The lowest BCUT2D eigenvalue weighted by molar-refractivity contribution is 0.243. The minimum absolute atomic E-state index is 0.568. The molecule has 3 aromatic rings. The van der Waals surface area contributed by atoms with Crippen LogP contribution in [0.3, 0.4) is 0 Å². The molecular formula is C17H15ClN6. The van der Waals surface area contributed by atoms with Gasteiger partial charge in [0.2, 0.25) is 0 Å². The largest absolute Gasteiger partial charge is 0.294 e. The Morgan fingerprint density at radius 1 is 1.12 bits per heavy atom. The molecule has 0 amide bonds. The van der Waals surface area contributed by atoms with E-state index in [1.165, 1.54) is 6.33 Å². The van der Waals surface area contributed by atoms with Crippen molar-refractivity contribution in [2.75, 3.05) is 6.54 Å². The molecular weight excluding hydrogens is 324 g/mol. The van der Waals surface area contributed by atoms with Crippen LogP contribution in [0.15, 0.2) is 43.2 Å². The third-order valence-electron chi connectivity index (χ3n) is 4.06. The summed E-state index contributed by atoms with van der Waals surface area (Å²) in [5.74, 6) is 0.679. The van der Waals surface area contributed by atoms with Crippen molar-refractivity contribution in [1.29, 1.82) is 0 Å². The minimum Gasteiger partial charge on any atom is -0.294 e. The fraction of sp³-hybridized carbons (Fsp3) is 0.235. The summed E-state index contributed by atoms with van der Waals surface area (Å²) >= 11 is 6.16. The van der Waals surface area contributed by atoms with Gasteiger partial charge >= 0.3 is 0 Å². The highest BCUT2D eigenvalue weighted by Crippen LogP contribution is 2.22. The van der Waals surface area contributed by atoms with E-state index < -0.39 is 0 Å². The highest BCUT2D eigenvalue weighted by atomic mass is 35.5. The van der Waals surface area contributed by atoms with Gasteiger partial charge in [-0.05, 0) is 6.07 Å². The first kappa shape index (κ1) is 15.1. The first-order valence-electron chi connectivity index (χ1n) is 7.71. The van der Waals surface area contributed by atoms with Gasteiger partial charge in [0.05, 0.1) is 11.3 Å².